The number of hydrazone groups is 1. The number of rotatable bonds is 5. The first-order valence-corrected chi connectivity index (χ1v) is 5.72. The Morgan fingerprint density at radius 1 is 1.32 bits per heavy atom. The van der Waals surface area contributed by atoms with Gasteiger partial charge in [-0.3, -0.25) is 25.7 Å². The van der Waals surface area contributed by atoms with Gasteiger partial charge in [-0.05, 0) is 31.7 Å². The third-order valence-corrected chi connectivity index (χ3v) is 2.91. The van der Waals surface area contributed by atoms with Gasteiger partial charge >= 0.3 is 5.69 Å². The molecule has 1 fully saturated rings. The van der Waals surface area contributed by atoms with E-state index in [1.54, 1.807) is 0 Å². The molecule has 2 rings (SSSR count). The lowest BCUT2D eigenvalue weighted by molar-refractivity contribution is -0.393. The van der Waals surface area contributed by atoms with Crippen LogP contribution in [-0.4, -0.2) is 15.6 Å². The monoisotopic (exact) mass is 264 g/mol. The van der Waals surface area contributed by atoms with Gasteiger partial charge < -0.3 is 0 Å². The summed E-state index contributed by atoms with van der Waals surface area (Å²) >= 11 is 0. The standard InChI is InChI=1S/C11H12N4O4/c1-7(8-2-3-8)12-13-10-5-4-9(14(16)17)6-11(10)15(18)19/h4-6,8,13H,2-3H2,1H3/b12-7-. The molecule has 0 aromatic heterocycles. The number of nitro benzene ring substituents is 2. The Bertz CT molecular complexity index is 566. The lowest BCUT2D eigenvalue weighted by atomic mass is 10.2. The van der Waals surface area contributed by atoms with E-state index in [0.717, 1.165) is 24.6 Å². The summed E-state index contributed by atoms with van der Waals surface area (Å²) in [6.45, 7) is 1.85. The lowest BCUT2D eigenvalue weighted by Crippen LogP contribution is -2.02. The van der Waals surface area contributed by atoms with Gasteiger partial charge in [0.15, 0.2) is 0 Å². The SMILES string of the molecule is C/C(=N/Nc1ccc([N+](=O)[O-])cc1[N+](=O)[O-])C1CC1. The second kappa shape index (κ2) is 5.01. The molecule has 0 bridgehead atoms. The number of anilines is 1. The summed E-state index contributed by atoms with van der Waals surface area (Å²) in [6, 6.07) is 3.42. The van der Waals surface area contributed by atoms with Crippen molar-refractivity contribution in [2.75, 3.05) is 5.43 Å². The molecule has 19 heavy (non-hydrogen) atoms. The van der Waals surface area contributed by atoms with Crippen LogP contribution in [0.1, 0.15) is 19.8 Å². The summed E-state index contributed by atoms with van der Waals surface area (Å²) in [6.07, 6.45) is 2.17. The fourth-order valence-corrected chi connectivity index (χ4v) is 1.62. The number of nitrogens with one attached hydrogen (secondary N) is 1. The third-order valence-electron chi connectivity index (χ3n) is 2.91. The second-order valence-electron chi connectivity index (χ2n) is 4.35. The molecule has 1 N–H and O–H groups in total. The van der Waals surface area contributed by atoms with Gasteiger partial charge in [-0.15, -0.1) is 0 Å². The van der Waals surface area contributed by atoms with Crippen LogP contribution >= 0.6 is 0 Å². The van der Waals surface area contributed by atoms with Crippen molar-refractivity contribution in [3.63, 3.8) is 0 Å². The van der Waals surface area contributed by atoms with Crippen molar-refractivity contribution < 1.29 is 9.85 Å². The lowest BCUT2D eigenvalue weighted by Gasteiger charge is -2.03. The minimum atomic E-state index is -0.671. The summed E-state index contributed by atoms with van der Waals surface area (Å²) in [4.78, 5) is 20.1. The quantitative estimate of drug-likeness (QED) is 0.499. The molecule has 8 heteroatoms. The van der Waals surface area contributed by atoms with Crippen molar-refractivity contribution in [3.05, 3.63) is 38.4 Å². The van der Waals surface area contributed by atoms with E-state index in [-0.39, 0.29) is 17.1 Å². The Morgan fingerprint density at radius 3 is 2.53 bits per heavy atom. The summed E-state index contributed by atoms with van der Waals surface area (Å²) in [5.74, 6) is 0.449. The molecule has 1 aliphatic rings. The first kappa shape index (κ1) is 12.9. The van der Waals surface area contributed by atoms with Crippen molar-refractivity contribution in [2.45, 2.75) is 19.8 Å². The van der Waals surface area contributed by atoms with E-state index in [9.17, 15) is 20.2 Å². The summed E-state index contributed by atoms with van der Waals surface area (Å²) < 4.78 is 0. The van der Waals surface area contributed by atoms with Gasteiger partial charge in [0.2, 0.25) is 0 Å². The Morgan fingerprint density at radius 2 is 2.00 bits per heavy atom. The zero-order valence-electron chi connectivity index (χ0n) is 10.2. The average molecular weight is 264 g/mol. The van der Waals surface area contributed by atoms with E-state index in [2.05, 4.69) is 10.5 Å². The number of hydrogen-bond donors (Lipinski definition) is 1. The summed E-state index contributed by atoms with van der Waals surface area (Å²) in [5, 5.41) is 25.5. The molecule has 1 aromatic carbocycles. The van der Waals surface area contributed by atoms with Crippen LogP contribution in [0.4, 0.5) is 17.1 Å². The zero-order valence-corrected chi connectivity index (χ0v) is 10.2. The highest BCUT2D eigenvalue weighted by molar-refractivity contribution is 5.87. The van der Waals surface area contributed by atoms with Crippen LogP contribution in [0.25, 0.3) is 0 Å². The number of nitrogens with zero attached hydrogens (tertiary/aromatic N) is 3. The Labute approximate surface area is 108 Å². The number of benzene rings is 1. The second-order valence-corrected chi connectivity index (χ2v) is 4.35. The van der Waals surface area contributed by atoms with E-state index < -0.39 is 9.85 Å². The molecule has 0 amide bonds. The van der Waals surface area contributed by atoms with Gasteiger partial charge in [0.05, 0.1) is 15.9 Å². The van der Waals surface area contributed by atoms with Crippen LogP contribution in [-0.2, 0) is 0 Å². The molecule has 1 aliphatic carbocycles. The predicted octanol–water partition coefficient (Wildman–Crippen LogP) is 2.70. The van der Waals surface area contributed by atoms with Gasteiger partial charge in [0.25, 0.3) is 5.69 Å². The van der Waals surface area contributed by atoms with Gasteiger partial charge in [0.1, 0.15) is 5.69 Å². The molecule has 0 unspecified atom stereocenters. The molecular formula is C11H12N4O4. The fraction of sp³-hybridized carbons (Fsp3) is 0.364. The number of nitro groups is 2. The third kappa shape index (κ3) is 3.03. The maximum Gasteiger partial charge on any atom is 0.301 e. The number of non-ortho nitro benzene ring substituents is 1. The molecule has 0 heterocycles. The summed E-state index contributed by atoms with van der Waals surface area (Å²) in [5.41, 5.74) is 2.96. The molecular weight excluding hydrogens is 252 g/mol. The molecule has 0 atom stereocenters. The van der Waals surface area contributed by atoms with E-state index >= 15 is 0 Å². The molecule has 0 radical (unpaired) electrons. The minimum Gasteiger partial charge on any atom is -0.272 e. The highest BCUT2D eigenvalue weighted by Crippen LogP contribution is 2.32. The van der Waals surface area contributed by atoms with Crippen LogP contribution in [0.2, 0.25) is 0 Å². The van der Waals surface area contributed by atoms with Crippen molar-refractivity contribution in [2.24, 2.45) is 11.0 Å². The van der Waals surface area contributed by atoms with Crippen molar-refractivity contribution in [1.29, 1.82) is 0 Å². The van der Waals surface area contributed by atoms with Gasteiger partial charge in [-0.1, -0.05) is 0 Å². The van der Waals surface area contributed by atoms with Crippen LogP contribution in [0.15, 0.2) is 23.3 Å². The first-order chi connectivity index (χ1) is 8.99. The molecule has 0 saturated heterocycles. The largest absolute Gasteiger partial charge is 0.301 e. The maximum absolute atomic E-state index is 10.9. The van der Waals surface area contributed by atoms with Crippen molar-refractivity contribution in [1.82, 2.24) is 0 Å². The van der Waals surface area contributed by atoms with E-state index in [0.29, 0.717) is 5.92 Å². The molecule has 0 spiro atoms. The normalized spacial score (nSPS) is 15.1. The Hall–Kier alpha value is -2.51. The minimum absolute atomic E-state index is 0.149. The maximum atomic E-state index is 10.9. The van der Waals surface area contributed by atoms with Crippen LogP contribution in [0.5, 0.6) is 0 Å². The average Bonchev–Trinajstić information content (AvgIpc) is 3.19. The molecule has 100 valence electrons. The van der Waals surface area contributed by atoms with Crippen molar-refractivity contribution >= 4 is 22.8 Å². The predicted molar refractivity (Wildman–Crippen MR) is 69.2 cm³/mol. The highest BCUT2D eigenvalue weighted by Gasteiger charge is 2.25. The topological polar surface area (TPSA) is 111 Å². The molecule has 0 aliphatic heterocycles. The highest BCUT2D eigenvalue weighted by atomic mass is 16.6. The molecule has 8 nitrogen and oxygen atoms in total. The van der Waals surface area contributed by atoms with Gasteiger partial charge in [-0.25, -0.2) is 0 Å². The number of hydrogen-bond acceptors (Lipinski definition) is 6. The molecule has 1 saturated carbocycles. The van der Waals surface area contributed by atoms with E-state index in [1.807, 2.05) is 6.92 Å². The van der Waals surface area contributed by atoms with E-state index in [1.165, 1.54) is 12.1 Å². The van der Waals surface area contributed by atoms with Crippen molar-refractivity contribution in [3.8, 4) is 0 Å². The van der Waals surface area contributed by atoms with E-state index in [4.69, 9.17) is 0 Å². The Balaban J connectivity index is 2.26. The zero-order chi connectivity index (χ0) is 14.0. The fourth-order valence-electron chi connectivity index (χ4n) is 1.62. The first-order valence-electron chi connectivity index (χ1n) is 5.72. The summed E-state index contributed by atoms with van der Waals surface area (Å²) in [7, 11) is 0. The van der Waals surface area contributed by atoms with Crippen LogP contribution in [0.3, 0.4) is 0 Å². The Kier molecular flexibility index (Phi) is 3.41. The molecule has 1 aromatic rings. The van der Waals surface area contributed by atoms with Crippen LogP contribution < -0.4 is 5.43 Å². The van der Waals surface area contributed by atoms with Gasteiger partial charge in [0, 0.05) is 11.8 Å². The van der Waals surface area contributed by atoms with Crippen LogP contribution in [0, 0.1) is 26.1 Å². The smallest absolute Gasteiger partial charge is 0.272 e. The van der Waals surface area contributed by atoms with Gasteiger partial charge in [-0.2, -0.15) is 5.10 Å².